The molecule has 1 unspecified atom stereocenters. The molecule has 11 heteroatoms. The van der Waals surface area contributed by atoms with Gasteiger partial charge in [-0.15, -0.1) is 0 Å². The third-order valence-corrected chi connectivity index (χ3v) is 3.45. The number of carboxylic acid groups (broad SMARTS) is 1. The van der Waals surface area contributed by atoms with E-state index < -0.39 is 27.7 Å². The van der Waals surface area contributed by atoms with Crippen molar-refractivity contribution in [3.05, 3.63) is 68.3 Å². The van der Waals surface area contributed by atoms with Crippen molar-refractivity contribution in [3.63, 3.8) is 0 Å². The molecule has 1 aliphatic rings. The molecule has 27 heavy (non-hydrogen) atoms. The Morgan fingerprint density at radius 3 is 2.11 bits per heavy atom. The number of carbonyl (C=O) groups is 2. The number of Topliss-reactive ketones (excluding diaryl/α,β-unsaturated/α-hetero) is 1. The van der Waals surface area contributed by atoms with Crippen LogP contribution < -0.4 is 4.74 Å². The van der Waals surface area contributed by atoms with Crippen LogP contribution in [0.5, 0.6) is 11.5 Å². The summed E-state index contributed by atoms with van der Waals surface area (Å²) in [5, 5.41) is 38.0. The number of phenols is 1. The predicted molar refractivity (Wildman–Crippen MR) is 88.9 cm³/mol. The first-order valence-corrected chi connectivity index (χ1v) is 7.33. The number of rotatable bonds is 3. The maximum absolute atomic E-state index is 11.6. The van der Waals surface area contributed by atoms with Crippen LogP contribution in [0.15, 0.2) is 42.5 Å². The van der Waals surface area contributed by atoms with E-state index in [1.807, 2.05) is 0 Å². The highest BCUT2D eigenvalue weighted by atomic mass is 16.6. The van der Waals surface area contributed by atoms with Gasteiger partial charge in [0.1, 0.15) is 11.5 Å². The zero-order chi connectivity index (χ0) is 20.1. The number of nitro groups is 2. The molecule has 0 saturated heterocycles. The van der Waals surface area contributed by atoms with Crippen molar-refractivity contribution < 1.29 is 34.4 Å². The number of hydrogen-bond acceptors (Lipinski definition) is 8. The van der Waals surface area contributed by atoms with E-state index >= 15 is 0 Å². The van der Waals surface area contributed by atoms with Gasteiger partial charge in [0.05, 0.1) is 21.8 Å². The van der Waals surface area contributed by atoms with Gasteiger partial charge in [0.25, 0.3) is 11.4 Å². The summed E-state index contributed by atoms with van der Waals surface area (Å²) in [6.45, 7) is 0. The zero-order valence-electron chi connectivity index (χ0n) is 13.5. The van der Waals surface area contributed by atoms with Crippen LogP contribution in [0.4, 0.5) is 11.4 Å². The van der Waals surface area contributed by atoms with Crippen molar-refractivity contribution >= 4 is 23.1 Å². The van der Waals surface area contributed by atoms with Gasteiger partial charge in [-0.2, -0.15) is 0 Å². The highest BCUT2D eigenvalue weighted by molar-refractivity contribution is 6.02. The summed E-state index contributed by atoms with van der Waals surface area (Å²) in [5.41, 5.74) is -0.191. The maximum atomic E-state index is 11.6. The minimum Gasteiger partial charge on any atom is -0.508 e. The molecule has 11 nitrogen and oxygen atoms in total. The number of aromatic hydroxyl groups is 1. The van der Waals surface area contributed by atoms with Gasteiger partial charge in [0, 0.05) is 24.3 Å². The Balaban J connectivity index is 0.000000223. The summed E-state index contributed by atoms with van der Waals surface area (Å²) in [4.78, 5) is 41.7. The van der Waals surface area contributed by atoms with Crippen molar-refractivity contribution in [3.8, 4) is 11.5 Å². The lowest BCUT2D eigenvalue weighted by molar-refractivity contribution is -0.385. The molecular formula is C16H12N2O9. The number of nitro benzene ring substituents is 2. The molecule has 0 spiro atoms. The second kappa shape index (κ2) is 7.91. The molecule has 0 bridgehead atoms. The molecule has 1 aliphatic heterocycles. The smallest absolute Gasteiger partial charge is 0.345 e. The fourth-order valence-corrected chi connectivity index (χ4v) is 2.14. The van der Waals surface area contributed by atoms with Crippen molar-refractivity contribution in [2.75, 3.05) is 0 Å². The van der Waals surface area contributed by atoms with E-state index in [1.165, 1.54) is 30.3 Å². The van der Waals surface area contributed by atoms with Crippen LogP contribution >= 0.6 is 0 Å². The van der Waals surface area contributed by atoms with Crippen LogP contribution in [0.1, 0.15) is 16.8 Å². The second-order valence-corrected chi connectivity index (χ2v) is 5.28. The molecule has 0 aliphatic carbocycles. The Kier molecular flexibility index (Phi) is 5.65. The van der Waals surface area contributed by atoms with Crippen LogP contribution in [-0.4, -0.2) is 37.9 Å². The van der Waals surface area contributed by atoms with Gasteiger partial charge in [0.2, 0.25) is 6.10 Å². The molecule has 140 valence electrons. The molecule has 0 amide bonds. The first-order valence-electron chi connectivity index (χ1n) is 7.33. The number of phenolic OH excluding ortho intramolecular Hbond substituents is 1. The number of aliphatic carboxylic acids is 1. The highest BCUT2D eigenvalue weighted by Gasteiger charge is 2.32. The number of non-ortho nitro benzene ring substituents is 2. The van der Waals surface area contributed by atoms with Crippen molar-refractivity contribution in [1.82, 2.24) is 0 Å². The Labute approximate surface area is 150 Å². The molecule has 0 saturated carbocycles. The SMILES string of the molecule is O=C1CC(C(=O)O)Oc2ccc([N+](=O)[O-])cc21.O=[N+]([O-])c1ccc(O)cc1. The topological polar surface area (TPSA) is 170 Å². The molecule has 2 aromatic rings. The molecular weight excluding hydrogens is 364 g/mol. The summed E-state index contributed by atoms with van der Waals surface area (Å²) < 4.78 is 5.06. The standard InChI is InChI=1S/C10H7NO6.C6H5NO3/c12-7-4-9(10(13)14)17-8-2-1-5(11(15)16)3-6(7)8;8-6-3-1-5(2-4-6)7(9)10/h1-3,9H,4H2,(H,13,14);1-4,8H. The number of ether oxygens (including phenoxy) is 1. The van der Waals surface area contributed by atoms with Gasteiger partial charge in [-0.1, -0.05) is 0 Å². The van der Waals surface area contributed by atoms with Gasteiger partial charge in [-0.25, -0.2) is 4.79 Å². The molecule has 2 aromatic carbocycles. The normalized spacial score (nSPS) is 14.8. The van der Waals surface area contributed by atoms with Gasteiger partial charge in [-0.3, -0.25) is 25.0 Å². The fraction of sp³-hybridized carbons (Fsp3) is 0.125. The van der Waals surface area contributed by atoms with Crippen molar-refractivity contribution in [1.29, 1.82) is 0 Å². The van der Waals surface area contributed by atoms with E-state index in [9.17, 15) is 29.8 Å². The molecule has 1 atom stereocenters. The van der Waals surface area contributed by atoms with Gasteiger partial charge < -0.3 is 14.9 Å². The van der Waals surface area contributed by atoms with E-state index in [0.717, 1.165) is 12.1 Å². The highest BCUT2D eigenvalue weighted by Crippen LogP contribution is 2.30. The third-order valence-electron chi connectivity index (χ3n) is 3.45. The number of fused-ring (bicyclic) bond motifs is 1. The zero-order valence-corrected chi connectivity index (χ0v) is 13.5. The predicted octanol–water partition coefficient (Wildman–Crippen LogP) is 2.31. The molecule has 0 fully saturated rings. The number of hydrogen-bond donors (Lipinski definition) is 2. The first-order chi connectivity index (χ1) is 12.7. The average Bonchev–Trinajstić information content (AvgIpc) is 2.62. The van der Waals surface area contributed by atoms with Gasteiger partial charge in [0.15, 0.2) is 5.78 Å². The monoisotopic (exact) mass is 376 g/mol. The second-order valence-electron chi connectivity index (χ2n) is 5.28. The fourth-order valence-electron chi connectivity index (χ4n) is 2.14. The summed E-state index contributed by atoms with van der Waals surface area (Å²) in [6, 6.07) is 8.54. The Bertz CT molecular complexity index is 909. The number of carbonyl (C=O) groups excluding carboxylic acids is 1. The summed E-state index contributed by atoms with van der Waals surface area (Å²) >= 11 is 0. The molecule has 3 rings (SSSR count). The van der Waals surface area contributed by atoms with E-state index in [1.54, 1.807) is 0 Å². The minimum atomic E-state index is -1.23. The lowest BCUT2D eigenvalue weighted by Gasteiger charge is -2.21. The van der Waals surface area contributed by atoms with Gasteiger partial charge in [-0.05, 0) is 18.2 Å². The Hall–Kier alpha value is -4.02. The quantitative estimate of drug-likeness (QED) is 0.602. The van der Waals surface area contributed by atoms with Crippen molar-refractivity contribution in [2.24, 2.45) is 0 Å². The van der Waals surface area contributed by atoms with E-state index in [0.29, 0.717) is 0 Å². The number of benzene rings is 2. The molecule has 0 aromatic heterocycles. The van der Waals surface area contributed by atoms with E-state index in [2.05, 4.69) is 0 Å². The lowest BCUT2D eigenvalue weighted by atomic mass is 10.0. The number of ketones is 1. The molecule has 1 heterocycles. The van der Waals surface area contributed by atoms with E-state index in [4.69, 9.17) is 14.9 Å². The average molecular weight is 376 g/mol. The third kappa shape index (κ3) is 4.75. The van der Waals surface area contributed by atoms with Crippen LogP contribution in [0.3, 0.4) is 0 Å². The first kappa shape index (κ1) is 19.3. The molecule has 2 N–H and O–H groups in total. The van der Waals surface area contributed by atoms with Crippen LogP contribution in [0.2, 0.25) is 0 Å². The van der Waals surface area contributed by atoms with Crippen LogP contribution in [-0.2, 0) is 4.79 Å². The Morgan fingerprint density at radius 1 is 1.04 bits per heavy atom. The summed E-state index contributed by atoms with van der Waals surface area (Å²) in [7, 11) is 0. The Morgan fingerprint density at radius 2 is 1.59 bits per heavy atom. The van der Waals surface area contributed by atoms with Crippen LogP contribution in [0.25, 0.3) is 0 Å². The van der Waals surface area contributed by atoms with Crippen LogP contribution in [0, 0.1) is 20.2 Å². The summed E-state index contributed by atoms with van der Waals surface area (Å²) in [5.74, 6) is -1.60. The van der Waals surface area contributed by atoms with E-state index in [-0.39, 0.29) is 34.9 Å². The largest absolute Gasteiger partial charge is 0.508 e. The minimum absolute atomic E-state index is 0.0159. The maximum Gasteiger partial charge on any atom is 0.345 e. The number of nitrogens with zero attached hydrogens (tertiary/aromatic N) is 2. The lowest BCUT2D eigenvalue weighted by Crippen LogP contribution is -2.33. The molecule has 0 radical (unpaired) electrons. The van der Waals surface area contributed by atoms with Gasteiger partial charge >= 0.3 is 5.97 Å². The van der Waals surface area contributed by atoms with Crippen molar-refractivity contribution in [2.45, 2.75) is 12.5 Å². The number of carboxylic acids is 1. The summed E-state index contributed by atoms with van der Waals surface area (Å²) in [6.07, 6.45) is -1.54.